The standard InChI is InChI=1S/C17H26N2O3/c1-13-12-14(18-22-13)2-3-16(21)19-10-8-17(9-11-19)6-4-15(20)5-7-17/h12,15,20H,2-11H2,1H3. The number of aryl methyl sites for hydroxylation is 2. The second kappa shape index (κ2) is 6.41. The number of aliphatic hydroxyl groups is 1. The normalized spacial score (nSPS) is 22.2. The zero-order valence-electron chi connectivity index (χ0n) is 13.4. The van der Waals surface area contributed by atoms with E-state index in [1.165, 1.54) is 0 Å². The zero-order valence-corrected chi connectivity index (χ0v) is 13.4. The van der Waals surface area contributed by atoms with Crippen molar-refractivity contribution in [2.75, 3.05) is 13.1 Å². The number of hydrogen-bond acceptors (Lipinski definition) is 4. The summed E-state index contributed by atoms with van der Waals surface area (Å²) in [6, 6.07) is 1.89. The second-order valence-corrected chi connectivity index (χ2v) is 7.04. The van der Waals surface area contributed by atoms with Crippen molar-refractivity contribution >= 4 is 5.91 Å². The summed E-state index contributed by atoms with van der Waals surface area (Å²) in [5, 5.41) is 13.6. The van der Waals surface area contributed by atoms with Gasteiger partial charge in [-0.05, 0) is 50.9 Å². The molecule has 3 rings (SSSR count). The van der Waals surface area contributed by atoms with Crippen LogP contribution in [0.2, 0.25) is 0 Å². The molecule has 22 heavy (non-hydrogen) atoms. The lowest BCUT2D eigenvalue weighted by atomic mass is 9.67. The molecule has 0 atom stereocenters. The molecule has 1 aliphatic carbocycles. The van der Waals surface area contributed by atoms with Gasteiger partial charge in [-0.2, -0.15) is 0 Å². The van der Waals surface area contributed by atoms with Crippen molar-refractivity contribution in [2.24, 2.45) is 5.41 Å². The highest BCUT2D eigenvalue weighted by Gasteiger charge is 2.38. The molecule has 2 fully saturated rings. The lowest BCUT2D eigenvalue weighted by molar-refractivity contribution is -0.134. The Bertz CT molecular complexity index is 508. The minimum Gasteiger partial charge on any atom is -0.393 e. The number of rotatable bonds is 3. The number of aliphatic hydroxyl groups excluding tert-OH is 1. The third-order valence-corrected chi connectivity index (χ3v) is 5.46. The molecule has 1 aliphatic heterocycles. The van der Waals surface area contributed by atoms with Gasteiger partial charge in [-0.25, -0.2) is 0 Å². The fraction of sp³-hybridized carbons (Fsp3) is 0.765. The summed E-state index contributed by atoms with van der Waals surface area (Å²) in [6.07, 6.45) is 7.35. The number of carbonyl (C=O) groups excluding carboxylic acids is 1. The fourth-order valence-corrected chi connectivity index (χ4v) is 3.87. The predicted octanol–water partition coefficient (Wildman–Crippen LogP) is 2.46. The van der Waals surface area contributed by atoms with Crippen molar-refractivity contribution in [2.45, 2.75) is 64.4 Å². The number of nitrogens with zero attached hydrogens (tertiary/aromatic N) is 2. The van der Waals surface area contributed by atoms with Crippen LogP contribution in [0.4, 0.5) is 0 Å². The molecule has 122 valence electrons. The van der Waals surface area contributed by atoms with Crippen molar-refractivity contribution in [3.8, 4) is 0 Å². The first-order valence-corrected chi connectivity index (χ1v) is 8.44. The molecule has 1 amide bonds. The van der Waals surface area contributed by atoms with Crippen molar-refractivity contribution in [1.29, 1.82) is 0 Å². The molecule has 2 heterocycles. The Labute approximate surface area is 131 Å². The molecule has 0 aromatic carbocycles. The molecule has 1 aromatic heterocycles. The largest absolute Gasteiger partial charge is 0.393 e. The second-order valence-electron chi connectivity index (χ2n) is 7.04. The van der Waals surface area contributed by atoms with Crippen molar-refractivity contribution in [1.82, 2.24) is 10.1 Å². The third kappa shape index (κ3) is 3.51. The van der Waals surface area contributed by atoms with E-state index in [1.807, 2.05) is 17.9 Å². The molecular formula is C17H26N2O3. The summed E-state index contributed by atoms with van der Waals surface area (Å²) in [7, 11) is 0. The molecule has 1 N–H and O–H groups in total. The maximum Gasteiger partial charge on any atom is 0.222 e. The molecule has 0 unspecified atom stereocenters. The van der Waals surface area contributed by atoms with Gasteiger partial charge in [0.15, 0.2) is 0 Å². The van der Waals surface area contributed by atoms with Gasteiger partial charge in [0.05, 0.1) is 11.8 Å². The Balaban J connectivity index is 1.45. The van der Waals surface area contributed by atoms with E-state index in [0.717, 1.165) is 63.1 Å². The van der Waals surface area contributed by atoms with Gasteiger partial charge in [-0.15, -0.1) is 0 Å². The van der Waals surface area contributed by atoms with Crippen LogP contribution in [0.5, 0.6) is 0 Å². The van der Waals surface area contributed by atoms with E-state index in [0.29, 0.717) is 18.3 Å². The van der Waals surface area contributed by atoms with E-state index < -0.39 is 0 Å². The summed E-state index contributed by atoms with van der Waals surface area (Å²) < 4.78 is 5.03. The van der Waals surface area contributed by atoms with Gasteiger partial charge in [0, 0.05) is 32.0 Å². The van der Waals surface area contributed by atoms with Crippen molar-refractivity contribution in [3.05, 3.63) is 17.5 Å². The summed E-state index contributed by atoms with van der Waals surface area (Å²) in [5.41, 5.74) is 1.25. The molecule has 1 aromatic rings. The Morgan fingerprint density at radius 3 is 2.64 bits per heavy atom. The molecular weight excluding hydrogens is 280 g/mol. The average molecular weight is 306 g/mol. The predicted molar refractivity (Wildman–Crippen MR) is 82.3 cm³/mol. The first kappa shape index (κ1) is 15.5. The summed E-state index contributed by atoms with van der Waals surface area (Å²) in [6.45, 7) is 3.60. The summed E-state index contributed by atoms with van der Waals surface area (Å²) >= 11 is 0. The Morgan fingerprint density at radius 1 is 1.36 bits per heavy atom. The van der Waals surface area contributed by atoms with Gasteiger partial charge in [0.1, 0.15) is 5.76 Å². The van der Waals surface area contributed by atoms with Crippen LogP contribution >= 0.6 is 0 Å². The third-order valence-electron chi connectivity index (χ3n) is 5.46. The van der Waals surface area contributed by atoms with Crippen LogP contribution in [0.3, 0.4) is 0 Å². The summed E-state index contributed by atoms with van der Waals surface area (Å²) in [5.74, 6) is 1.02. The van der Waals surface area contributed by atoms with Crippen molar-refractivity contribution < 1.29 is 14.4 Å². The van der Waals surface area contributed by atoms with Gasteiger partial charge < -0.3 is 14.5 Å². The van der Waals surface area contributed by atoms with E-state index in [4.69, 9.17) is 4.52 Å². The molecule has 2 aliphatic rings. The molecule has 5 heteroatoms. The minimum absolute atomic E-state index is 0.101. The van der Waals surface area contributed by atoms with E-state index in [1.54, 1.807) is 0 Å². The van der Waals surface area contributed by atoms with Crippen LogP contribution in [0.15, 0.2) is 10.6 Å². The molecule has 0 bridgehead atoms. The maximum absolute atomic E-state index is 12.3. The zero-order chi connectivity index (χ0) is 15.6. The first-order valence-electron chi connectivity index (χ1n) is 8.44. The smallest absolute Gasteiger partial charge is 0.222 e. The maximum atomic E-state index is 12.3. The Hall–Kier alpha value is -1.36. The highest BCUT2D eigenvalue weighted by molar-refractivity contribution is 5.76. The monoisotopic (exact) mass is 306 g/mol. The van der Waals surface area contributed by atoms with E-state index in [9.17, 15) is 9.90 Å². The number of amides is 1. The first-order chi connectivity index (χ1) is 10.6. The van der Waals surface area contributed by atoms with Crippen molar-refractivity contribution in [3.63, 3.8) is 0 Å². The molecule has 5 nitrogen and oxygen atoms in total. The molecule has 1 saturated heterocycles. The molecule has 1 saturated carbocycles. The number of likely N-dealkylation sites (tertiary alicyclic amines) is 1. The van der Waals surface area contributed by atoms with Crippen LogP contribution < -0.4 is 0 Å². The van der Waals surface area contributed by atoms with Crippen LogP contribution in [0, 0.1) is 12.3 Å². The number of aromatic nitrogens is 1. The van der Waals surface area contributed by atoms with Gasteiger partial charge in [0.25, 0.3) is 0 Å². The Morgan fingerprint density at radius 2 is 2.05 bits per heavy atom. The summed E-state index contributed by atoms with van der Waals surface area (Å²) in [4.78, 5) is 14.3. The fourth-order valence-electron chi connectivity index (χ4n) is 3.87. The topological polar surface area (TPSA) is 66.6 Å². The average Bonchev–Trinajstić information content (AvgIpc) is 2.94. The van der Waals surface area contributed by atoms with Crippen LogP contribution in [0.25, 0.3) is 0 Å². The lowest BCUT2D eigenvalue weighted by Crippen LogP contribution is -2.45. The highest BCUT2D eigenvalue weighted by Crippen LogP contribution is 2.44. The van der Waals surface area contributed by atoms with E-state index in [2.05, 4.69) is 5.16 Å². The molecule has 0 radical (unpaired) electrons. The van der Waals surface area contributed by atoms with Crippen LogP contribution in [0.1, 0.15) is 56.4 Å². The van der Waals surface area contributed by atoms with Gasteiger partial charge in [-0.3, -0.25) is 4.79 Å². The number of piperidine rings is 1. The number of hydrogen-bond donors (Lipinski definition) is 1. The van der Waals surface area contributed by atoms with Gasteiger partial charge in [0.2, 0.25) is 5.91 Å². The lowest BCUT2D eigenvalue weighted by Gasteiger charge is -2.45. The molecule has 1 spiro atoms. The van der Waals surface area contributed by atoms with Crippen LogP contribution in [-0.4, -0.2) is 40.3 Å². The Kier molecular flexibility index (Phi) is 4.52. The van der Waals surface area contributed by atoms with E-state index in [-0.39, 0.29) is 12.0 Å². The van der Waals surface area contributed by atoms with Gasteiger partial charge in [-0.1, -0.05) is 5.16 Å². The minimum atomic E-state index is -0.101. The SMILES string of the molecule is Cc1cc(CCC(=O)N2CCC3(CCC(O)CC3)CC2)no1. The van der Waals surface area contributed by atoms with E-state index >= 15 is 0 Å². The quantitative estimate of drug-likeness (QED) is 0.931. The van der Waals surface area contributed by atoms with Crippen LogP contribution in [-0.2, 0) is 11.2 Å². The number of carbonyl (C=O) groups is 1. The highest BCUT2D eigenvalue weighted by atomic mass is 16.5. The van der Waals surface area contributed by atoms with Gasteiger partial charge >= 0.3 is 0 Å².